The molecule has 0 amide bonds. The maximum absolute atomic E-state index is 11.2. The van der Waals surface area contributed by atoms with Crippen molar-refractivity contribution in [3.05, 3.63) is 35.2 Å². The van der Waals surface area contributed by atoms with Gasteiger partial charge in [-0.05, 0) is 22.7 Å². The van der Waals surface area contributed by atoms with E-state index in [4.69, 9.17) is 0 Å². The van der Waals surface area contributed by atoms with Gasteiger partial charge in [-0.3, -0.25) is 4.72 Å². The van der Waals surface area contributed by atoms with Crippen molar-refractivity contribution in [1.29, 1.82) is 0 Å². The molecule has 0 atom stereocenters. The summed E-state index contributed by atoms with van der Waals surface area (Å²) in [6.07, 6.45) is 1.00. The van der Waals surface area contributed by atoms with E-state index in [9.17, 15) is 18.4 Å². The highest BCUT2D eigenvalue weighted by molar-refractivity contribution is 7.92. The lowest BCUT2D eigenvalue weighted by atomic mass is 10.1. The first-order valence-corrected chi connectivity index (χ1v) is 6.87. The second kappa shape index (κ2) is 4.26. The van der Waals surface area contributed by atoms with E-state index in [0.717, 1.165) is 6.26 Å². The predicted molar refractivity (Wildman–Crippen MR) is 69.5 cm³/mol. The van der Waals surface area contributed by atoms with Crippen molar-refractivity contribution in [3.8, 4) is 5.75 Å². The summed E-state index contributed by atoms with van der Waals surface area (Å²) in [5, 5.41) is 13.2. The van der Waals surface area contributed by atoms with Crippen molar-refractivity contribution in [2.45, 2.75) is 0 Å². The van der Waals surface area contributed by atoms with Crippen LogP contribution in [0.25, 0.3) is 10.8 Å². The lowest BCUT2D eigenvalue weighted by molar-refractivity contribution is 0.477. The Hall–Kier alpha value is -2.15. The Morgan fingerprint density at radius 2 is 1.94 bits per heavy atom. The predicted octanol–water partition coefficient (Wildman–Crippen LogP) is 2.31. The van der Waals surface area contributed by atoms with Crippen LogP contribution in [-0.2, 0) is 10.0 Å². The molecule has 0 spiro atoms. The number of rotatable bonds is 3. The van der Waals surface area contributed by atoms with Gasteiger partial charge in [-0.2, -0.15) is 0 Å². The Morgan fingerprint density at radius 3 is 2.56 bits per heavy atom. The van der Waals surface area contributed by atoms with Gasteiger partial charge < -0.3 is 5.11 Å². The Morgan fingerprint density at radius 1 is 1.22 bits per heavy atom. The van der Waals surface area contributed by atoms with Crippen molar-refractivity contribution < 1.29 is 13.5 Å². The number of hydrogen-bond acceptors (Lipinski definition) is 5. The first-order chi connectivity index (χ1) is 8.42. The molecule has 0 aromatic heterocycles. The number of phenols is 1. The molecule has 6 nitrogen and oxygen atoms in total. The van der Waals surface area contributed by atoms with Gasteiger partial charge in [0.15, 0.2) is 5.69 Å². The maximum atomic E-state index is 11.2. The number of aromatic hydroxyl groups is 1. The lowest BCUT2D eigenvalue weighted by Gasteiger charge is -2.09. The van der Waals surface area contributed by atoms with Gasteiger partial charge in [-0.15, -0.1) is 4.91 Å². The number of hydrogen-bond donors (Lipinski definition) is 2. The summed E-state index contributed by atoms with van der Waals surface area (Å²) in [6.45, 7) is 0. The molecule has 2 aromatic carbocycles. The second-order valence-electron chi connectivity index (χ2n) is 3.80. The van der Waals surface area contributed by atoms with Crippen molar-refractivity contribution in [3.63, 3.8) is 0 Å². The molecule has 2 aromatic rings. The number of benzene rings is 2. The van der Waals surface area contributed by atoms with Crippen molar-refractivity contribution in [2.75, 3.05) is 11.0 Å². The Bertz CT molecular complexity index is 725. The van der Waals surface area contributed by atoms with Gasteiger partial charge in [0.25, 0.3) is 0 Å². The molecule has 7 heteroatoms. The fourth-order valence-corrected chi connectivity index (χ4v) is 2.30. The molecule has 18 heavy (non-hydrogen) atoms. The molecule has 0 heterocycles. The van der Waals surface area contributed by atoms with Crippen LogP contribution in [0.15, 0.2) is 35.5 Å². The number of nitroso groups, excluding NO2 is 1. The Balaban J connectivity index is 2.82. The first-order valence-electron chi connectivity index (χ1n) is 4.98. The van der Waals surface area contributed by atoms with Gasteiger partial charge in [0.05, 0.1) is 11.9 Å². The standard InChI is InChI=1S/C11H10N2O4S/c1-18(16,17)13-8-4-2-3-7-5-6-9(14)11(12-15)10(7)8/h2-6,13-14H,1H3. The van der Waals surface area contributed by atoms with Crippen LogP contribution in [0, 0.1) is 4.91 Å². The molecule has 0 saturated heterocycles. The van der Waals surface area contributed by atoms with Gasteiger partial charge in [-0.1, -0.05) is 18.2 Å². The van der Waals surface area contributed by atoms with Crippen LogP contribution in [0.1, 0.15) is 0 Å². The molecule has 0 fully saturated rings. The average Bonchev–Trinajstić information content (AvgIpc) is 2.28. The Kier molecular flexibility index (Phi) is 2.92. The minimum absolute atomic E-state index is 0.181. The van der Waals surface area contributed by atoms with Crippen LogP contribution in [0.4, 0.5) is 11.4 Å². The minimum Gasteiger partial charge on any atom is -0.506 e. The van der Waals surface area contributed by atoms with Gasteiger partial charge in [0.1, 0.15) is 5.75 Å². The zero-order chi connectivity index (χ0) is 13.3. The summed E-state index contributed by atoms with van der Waals surface area (Å²) in [7, 11) is -3.48. The Labute approximate surface area is 103 Å². The van der Waals surface area contributed by atoms with Gasteiger partial charge in [-0.25, -0.2) is 8.42 Å². The monoisotopic (exact) mass is 266 g/mol. The number of nitrogens with one attached hydrogen (secondary N) is 1. The zero-order valence-electron chi connectivity index (χ0n) is 9.41. The summed E-state index contributed by atoms with van der Waals surface area (Å²) >= 11 is 0. The molecule has 0 aliphatic rings. The van der Waals surface area contributed by atoms with Crippen LogP contribution in [0.2, 0.25) is 0 Å². The molecular formula is C11H10N2O4S. The highest BCUT2D eigenvalue weighted by Crippen LogP contribution is 2.39. The molecule has 0 unspecified atom stereocenters. The minimum atomic E-state index is -3.48. The van der Waals surface area contributed by atoms with Crippen LogP contribution in [-0.4, -0.2) is 19.8 Å². The smallest absolute Gasteiger partial charge is 0.229 e. The topological polar surface area (TPSA) is 95.8 Å². The fourth-order valence-electron chi connectivity index (χ4n) is 1.73. The summed E-state index contributed by atoms with van der Waals surface area (Å²) in [5.74, 6) is -0.291. The number of sulfonamides is 1. The van der Waals surface area contributed by atoms with Gasteiger partial charge in [0, 0.05) is 5.39 Å². The molecule has 0 aliphatic carbocycles. The van der Waals surface area contributed by atoms with Crippen LogP contribution < -0.4 is 4.72 Å². The number of nitrogens with zero attached hydrogens (tertiary/aromatic N) is 1. The molecule has 0 radical (unpaired) electrons. The van der Waals surface area contributed by atoms with Gasteiger partial charge in [0.2, 0.25) is 10.0 Å². The van der Waals surface area contributed by atoms with E-state index >= 15 is 0 Å². The summed E-state index contributed by atoms with van der Waals surface area (Å²) in [6, 6.07) is 7.74. The molecule has 2 N–H and O–H groups in total. The van der Waals surface area contributed by atoms with Gasteiger partial charge >= 0.3 is 0 Å². The van der Waals surface area contributed by atoms with E-state index in [1.54, 1.807) is 18.2 Å². The molecule has 0 aliphatic heterocycles. The molecule has 0 bridgehead atoms. The normalized spacial score (nSPS) is 11.4. The van der Waals surface area contributed by atoms with Crippen LogP contribution in [0.5, 0.6) is 5.75 Å². The lowest BCUT2D eigenvalue weighted by Crippen LogP contribution is -2.09. The van der Waals surface area contributed by atoms with Crippen molar-refractivity contribution in [2.24, 2.45) is 5.18 Å². The average molecular weight is 266 g/mol. The summed E-state index contributed by atoms with van der Waals surface area (Å²) < 4.78 is 24.8. The fraction of sp³-hybridized carbons (Fsp3) is 0.0909. The summed E-state index contributed by atoms with van der Waals surface area (Å²) in [4.78, 5) is 10.8. The quantitative estimate of drug-likeness (QED) is 0.833. The number of fused-ring (bicyclic) bond motifs is 1. The number of anilines is 1. The van der Waals surface area contributed by atoms with E-state index in [0.29, 0.717) is 5.39 Å². The largest absolute Gasteiger partial charge is 0.506 e. The van der Waals surface area contributed by atoms with E-state index < -0.39 is 10.0 Å². The molecule has 2 rings (SSSR count). The molecular weight excluding hydrogens is 256 g/mol. The van der Waals surface area contributed by atoms with Crippen molar-refractivity contribution >= 4 is 32.2 Å². The van der Waals surface area contributed by atoms with Crippen LogP contribution >= 0.6 is 0 Å². The zero-order valence-corrected chi connectivity index (χ0v) is 10.2. The maximum Gasteiger partial charge on any atom is 0.229 e. The van der Waals surface area contributed by atoms with E-state index in [-0.39, 0.29) is 22.5 Å². The van der Waals surface area contributed by atoms with E-state index in [2.05, 4.69) is 9.90 Å². The summed E-state index contributed by atoms with van der Waals surface area (Å²) in [5.41, 5.74) is 0.0275. The van der Waals surface area contributed by atoms with Crippen molar-refractivity contribution in [1.82, 2.24) is 0 Å². The van der Waals surface area contributed by atoms with Crippen LogP contribution in [0.3, 0.4) is 0 Å². The third kappa shape index (κ3) is 2.25. The second-order valence-corrected chi connectivity index (χ2v) is 5.55. The number of phenolic OH excluding ortho intramolecular Hbond substituents is 1. The third-order valence-corrected chi connectivity index (χ3v) is 2.97. The molecule has 0 saturated carbocycles. The SMILES string of the molecule is CS(=O)(=O)Nc1cccc2ccc(O)c(N=O)c12. The van der Waals surface area contributed by atoms with E-state index in [1.807, 2.05) is 0 Å². The highest BCUT2D eigenvalue weighted by atomic mass is 32.2. The third-order valence-electron chi connectivity index (χ3n) is 2.38. The molecule has 94 valence electrons. The highest BCUT2D eigenvalue weighted by Gasteiger charge is 2.13. The first kappa shape index (κ1) is 12.3. The van der Waals surface area contributed by atoms with E-state index in [1.165, 1.54) is 12.1 Å².